The monoisotopic (exact) mass is 548 g/mol. The maximum absolute atomic E-state index is 14.5. The zero-order valence-electron chi connectivity index (χ0n) is 25.3. The van der Waals surface area contributed by atoms with E-state index < -0.39 is 21.4 Å². The van der Waals surface area contributed by atoms with Gasteiger partial charge < -0.3 is 5.32 Å². The standard InChI is InChI=1S/C32H44N4O4/c1-19(35-36(39)40)34-32-13-11-27(2,3)17-21(32)25-22(37)15-24-29(6)16-20(18-33)26(38)28(4,5)23(29)9-10-30(24,7)31(25,8)12-14-32/h15-16,21,23,25H,9-14,17H2,1-8H3,(H,34,35)/t21-,23-,25-,29-,30+,31+,32-/m0/s1. The molecule has 40 heavy (non-hydrogen) atoms. The molecule has 0 aromatic heterocycles. The first-order valence-corrected chi connectivity index (χ1v) is 14.8. The van der Waals surface area contributed by atoms with Gasteiger partial charge in [0.1, 0.15) is 6.07 Å². The Morgan fingerprint density at radius 1 is 1.07 bits per heavy atom. The van der Waals surface area contributed by atoms with E-state index in [0.29, 0.717) is 5.84 Å². The maximum Gasteiger partial charge on any atom is 0.192 e. The Hall–Kier alpha value is -2.82. The van der Waals surface area contributed by atoms with E-state index in [1.807, 2.05) is 26.0 Å². The zero-order chi connectivity index (χ0) is 29.7. The summed E-state index contributed by atoms with van der Waals surface area (Å²) in [4.78, 5) is 38.9. The molecule has 3 fully saturated rings. The van der Waals surface area contributed by atoms with E-state index in [2.05, 4.69) is 51.1 Å². The third kappa shape index (κ3) is 3.72. The van der Waals surface area contributed by atoms with Crippen LogP contribution in [0.2, 0.25) is 0 Å². The number of hydrazone groups is 1. The lowest BCUT2D eigenvalue weighted by atomic mass is 9.35. The highest BCUT2D eigenvalue weighted by Crippen LogP contribution is 2.73. The lowest BCUT2D eigenvalue weighted by molar-refractivity contribution is -0.485. The van der Waals surface area contributed by atoms with Crippen LogP contribution in [0, 0.1) is 66.3 Å². The minimum absolute atomic E-state index is 0.00847. The van der Waals surface area contributed by atoms with Crippen LogP contribution in [0.15, 0.2) is 28.4 Å². The number of nitrogens with one attached hydrogen (secondary N) is 1. The average molecular weight is 549 g/mol. The Kier molecular flexibility index (Phi) is 6.17. The molecule has 3 saturated carbocycles. The molecule has 0 amide bonds. The average Bonchev–Trinajstić information content (AvgIpc) is 2.83. The number of amidine groups is 1. The lowest BCUT2D eigenvalue weighted by Crippen LogP contribution is -2.69. The van der Waals surface area contributed by atoms with E-state index >= 15 is 0 Å². The van der Waals surface area contributed by atoms with Crippen molar-refractivity contribution >= 4 is 17.4 Å². The topological polar surface area (TPSA) is 125 Å². The fraction of sp³-hybridized carbons (Fsp3) is 0.750. The molecule has 0 bridgehead atoms. The summed E-state index contributed by atoms with van der Waals surface area (Å²) in [5, 5.41) is 27.5. The highest BCUT2D eigenvalue weighted by molar-refractivity contribution is 6.04. The SMILES string of the molecule is C/C(=N\[N+](=O)[O-])N[C@]12CCC(C)(C)C[C@H]1[C@H]1C(=O)C=C3[C@@]4(C)C=C(C#N)C(=O)C(C)(C)[C@@H]4CC[C@@]3(C)[C@]1(C)CC2. The number of hydrogen-bond acceptors (Lipinski definition) is 5. The van der Waals surface area contributed by atoms with Crippen LogP contribution in [0.3, 0.4) is 0 Å². The van der Waals surface area contributed by atoms with Crippen molar-refractivity contribution < 1.29 is 14.6 Å². The van der Waals surface area contributed by atoms with Gasteiger partial charge >= 0.3 is 0 Å². The van der Waals surface area contributed by atoms with Crippen LogP contribution in [-0.2, 0) is 9.59 Å². The smallest absolute Gasteiger partial charge is 0.192 e. The van der Waals surface area contributed by atoms with Gasteiger partial charge in [-0.2, -0.15) is 5.26 Å². The molecular formula is C32H44N4O4. The molecule has 0 unspecified atom stereocenters. The van der Waals surface area contributed by atoms with Gasteiger partial charge in [-0.05, 0) is 86.0 Å². The van der Waals surface area contributed by atoms with Crippen LogP contribution < -0.4 is 5.32 Å². The van der Waals surface area contributed by atoms with Crippen molar-refractivity contribution in [2.24, 2.45) is 49.9 Å². The molecule has 0 heterocycles. The number of Topliss-reactive ketones (excluding diaryl/α,β-unsaturated/α-hetero) is 1. The zero-order valence-corrected chi connectivity index (χ0v) is 25.3. The third-order valence-corrected chi connectivity index (χ3v) is 12.5. The van der Waals surface area contributed by atoms with Gasteiger partial charge in [-0.1, -0.05) is 60.1 Å². The Morgan fingerprint density at radius 2 is 1.73 bits per heavy atom. The minimum atomic E-state index is -0.690. The van der Waals surface area contributed by atoms with Gasteiger partial charge in [-0.25, -0.2) is 10.1 Å². The molecule has 5 aliphatic carbocycles. The molecule has 7 atom stereocenters. The van der Waals surface area contributed by atoms with Crippen molar-refractivity contribution in [3.05, 3.63) is 33.4 Å². The van der Waals surface area contributed by atoms with Crippen LogP contribution in [0.1, 0.15) is 100 Å². The Balaban J connectivity index is 1.67. The van der Waals surface area contributed by atoms with Crippen molar-refractivity contribution in [3.8, 4) is 6.07 Å². The second kappa shape index (κ2) is 8.59. The molecule has 0 aliphatic heterocycles. The molecule has 0 spiro atoms. The van der Waals surface area contributed by atoms with Crippen LogP contribution in [-0.4, -0.2) is 28.0 Å². The summed E-state index contributed by atoms with van der Waals surface area (Å²) in [6.07, 6.45) is 9.79. The fourth-order valence-corrected chi connectivity index (χ4v) is 10.4. The van der Waals surface area contributed by atoms with Gasteiger partial charge in [0.2, 0.25) is 0 Å². The van der Waals surface area contributed by atoms with Crippen molar-refractivity contribution in [3.63, 3.8) is 0 Å². The Labute approximate surface area is 237 Å². The molecule has 5 aliphatic rings. The summed E-state index contributed by atoms with van der Waals surface area (Å²) in [5.74, 6) is 0.0992. The first kappa shape index (κ1) is 28.7. The Bertz CT molecular complexity index is 1330. The summed E-state index contributed by atoms with van der Waals surface area (Å²) in [5.41, 5.74) is -0.958. The number of nitro groups is 1. The lowest BCUT2D eigenvalue weighted by Gasteiger charge is -2.69. The van der Waals surface area contributed by atoms with Crippen LogP contribution >= 0.6 is 0 Å². The van der Waals surface area contributed by atoms with Crippen molar-refractivity contribution in [2.45, 2.75) is 106 Å². The highest BCUT2D eigenvalue weighted by atomic mass is 16.7. The maximum atomic E-state index is 14.5. The van der Waals surface area contributed by atoms with E-state index in [4.69, 9.17) is 0 Å². The molecule has 0 aromatic rings. The molecule has 8 nitrogen and oxygen atoms in total. The summed E-state index contributed by atoms with van der Waals surface area (Å²) >= 11 is 0. The molecule has 0 saturated heterocycles. The van der Waals surface area contributed by atoms with E-state index in [0.717, 1.165) is 50.5 Å². The summed E-state index contributed by atoms with van der Waals surface area (Å²) in [6, 6.07) is 2.17. The summed E-state index contributed by atoms with van der Waals surface area (Å²) < 4.78 is 0. The highest BCUT2D eigenvalue weighted by Gasteiger charge is 2.70. The van der Waals surface area contributed by atoms with Crippen molar-refractivity contribution in [1.29, 1.82) is 5.26 Å². The molecule has 1 N–H and O–H groups in total. The molecule has 0 radical (unpaired) electrons. The second-order valence-electron chi connectivity index (χ2n) is 15.5. The van der Waals surface area contributed by atoms with E-state index in [-0.39, 0.29) is 51.1 Å². The van der Waals surface area contributed by atoms with E-state index in [1.165, 1.54) is 0 Å². The van der Waals surface area contributed by atoms with E-state index in [1.54, 1.807) is 6.92 Å². The largest absolute Gasteiger partial charge is 0.363 e. The van der Waals surface area contributed by atoms with Gasteiger partial charge in [-0.15, -0.1) is 0 Å². The predicted molar refractivity (Wildman–Crippen MR) is 152 cm³/mol. The van der Waals surface area contributed by atoms with Gasteiger partial charge in [0.25, 0.3) is 0 Å². The number of carbonyl (C=O) groups excluding carboxylic acids is 2. The number of ketones is 2. The van der Waals surface area contributed by atoms with Crippen molar-refractivity contribution in [1.82, 2.24) is 5.32 Å². The first-order valence-electron chi connectivity index (χ1n) is 14.8. The third-order valence-electron chi connectivity index (χ3n) is 12.5. The number of hydrogen-bond donors (Lipinski definition) is 1. The van der Waals surface area contributed by atoms with Gasteiger partial charge in [0.05, 0.1) is 10.7 Å². The van der Waals surface area contributed by atoms with Crippen LogP contribution in [0.25, 0.3) is 0 Å². The number of nitriles is 1. The van der Waals surface area contributed by atoms with Crippen molar-refractivity contribution in [2.75, 3.05) is 0 Å². The summed E-state index contributed by atoms with van der Waals surface area (Å²) in [6.45, 7) is 16.8. The van der Waals surface area contributed by atoms with Gasteiger partial charge in [0.15, 0.2) is 22.4 Å². The molecule has 216 valence electrons. The molecule has 8 heteroatoms. The normalized spacial score (nSPS) is 43.6. The van der Waals surface area contributed by atoms with Crippen LogP contribution in [0.4, 0.5) is 0 Å². The summed E-state index contributed by atoms with van der Waals surface area (Å²) in [7, 11) is 0. The Morgan fingerprint density at radius 3 is 2.35 bits per heavy atom. The predicted octanol–water partition coefficient (Wildman–Crippen LogP) is 6.16. The molecular weight excluding hydrogens is 504 g/mol. The minimum Gasteiger partial charge on any atom is -0.363 e. The van der Waals surface area contributed by atoms with Gasteiger partial charge in [-0.3, -0.25) is 9.59 Å². The molecule has 5 rings (SSSR count). The van der Waals surface area contributed by atoms with Gasteiger partial charge in [0, 0.05) is 22.3 Å². The molecule has 0 aromatic carbocycles. The van der Waals surface area contributed by atoms with Crippen LogP contribution in [0.5, 0.6) is 0 Å². The number of rotatable bonds is 2. The fourth-order valence-electron chi connectivity index (χ4n) is 10.4. The quantitative estimate of drug-likeness (QED) is 0.191. The van der Waals surface area contributed by atoms with E-state index in [9.17, 15) is 25.0 Å². The second-order valence-corrected chi connectivity index (χ2v) is 15.5. The number of allylic oxidation sites excluding steroid dienone is 4. The first-order chi connectivity index (χ1) is 18.4. The number of carbonyl (C=O) groups is 2. The number of nitrogens with zero attached hydrogens (tertiary/aromatic N) is 3. The number of fused-ring (bicyclic) bond motifs is 7.